The van der Waals surface area contributed by atoms with Gasteiger partial charge >= 0.3 is 5.97 Å². The molecule has 0 radical (unpaired) electrons. The lowest BCUT2D eigenvalue weighted by atomic mass is 9.95. The molecule has 2 atom stereocenters. The van der Waals surface area contributed by atoms with Crippen LogP contribution in [0.5, 0.6) is 0 Å². The van der Waals surface area contributed by atoms with Gasteiger partial charge in [-0.3, -0.25) is 10.1 Å². The van der Waals surface area contributed by atoms with Crippen molar-refractivity contribution in [2.24, 2.45) is 0 Å². The van der Waals surface area contributed by atoms with Gasteiger partial charge in [-0.1, -0.05) is 18.7 Å². The molecule has 1 heterocycles. The van der Waals surface area contributed by atoms with Crippen molar-refractivity contribution >= 4 is 17.7 Å². The minimum atomic E-state index is -0.940. The Bertz CT molecular complexity index is 467. The third-order valence-corrected chi connectivity index (χ3v) is 3.83. The Balaban J connectivity index is 2.71. The summed E-state index contributed by atoms with van der Waals surface area (Å²) in [6, 6.07) is 1.96. The van der Waals surface area contributed by atoms with Gasteiger partial charge in [0.05, 0.1) is 0 Å². The second-order valence-corrected chi connectivity index (χ2v) is 6.96. The normalized spacial score (nSPS) is 15.9. The average Bonchev–Trinajstić information content (AvgIpc) is 2.26. The van der Waals surface area contributed by atoms with E-state index in [-0.39, 0.29) is 11.3 Å². The van der Waals surface area contributed by atoms with Gasteiger partial charge in [0, 0.05) is 23.2 Å². The molecule has 1 aromatic heterocycles. The number of hydrogen-bond acceptors (Lipinski definition) is 5. The summed E-state index contributed by atoms with van der Waals surface area (Å²) in [5.74, 6) is -0.830. The molecule has 2 unspecified atom stereocenters. The van der Waals surface area contributed by atoms with Gasteiger partial charge in [0.25, 0.3) is 0 Å². The van der Waals surface area contributed by atoms with Crippen LogP contribution in [-0.4, -0.2) is 37.9 Å². The number of aliphatic carboxylic acids is 1. The van der Waals surface area contributed by atoms with Crippen molar-refractivity contribution in [3.8, 4) is 0 Å². The van der Waals surface area contributed by atoms with Crippen LogP contribution < -0.4 is 5.32 Å². The Morgan fingerprint density at radius 3 is 2.65 bits per heavy atom. The Labute approximate surface area is 124 Å². The molecule has 1 aromatic rings. The van der Waals surface area contributed by atoms with E-state index in [4.69, 9.17) is 0 Å². The number of nitrogens with zero attached hydrogens (tertiary/aromatic N) is 2. The van der Waals surface area contributed by atoms with E-state index in [1.54, 1.807) is 13.1 Å². The van der Waals surface area contributed by atoms with Crippen molar-refractivity contribution in [2.75, 3.05) is 0 Å². The minimum Gasteiger partial charge on any atom is -0.480 e. The van der Waals surface area contributed by atoms with Gasteiger partial charge in [-0.15, -0.1) is 0 Å². The fourth-order valence-corrected chi connectivity index (χ4v) is 3.22. The molecule has 112 valence electrons. The SMILES string of the molecule is Cc1ccnc(SC(C)CC(C)(NC(C)C)C(=O)O)n1. The highest BCUT2D eigenvalue weighted by atomic mass is 32.2. The van der Waals surface area contributed by atoms with Gasteiger partial charge in [-0.2, -0.15) is 0 Å². The standard InChI is InChI=1S/C14H23N3O2S/c1-9(2)17-14(5,12(18)19)8-11(4)20-13-15-7-6-10(3)16-13/h6-7,9,11,17H,8H2,1-5H3,(H,18,19). The number of aryl methyl sites for hydroxylation is 1. The first kappa shape index (κ1) is 16.9. The van der Waals surface area contributed by atoms with E-state index in [0.717, 1.165) is 5.69 Å². The van der Waals surface area contributed by atoms with Crippen LogP contribution in [0, 0.1) is 6.92 Å². The molecule has 0 saturated carbocycles. The molecule has 0 amide bonds. The number of nitrogens with one attached hydrogen (secondary N) is 1. The summed E-state index contributed by atoms with van der Waals surface area (Å²) in [6.45, 7) is 9.53. The summed E-state index contributed by atoms with van der Waals surface area (Å²) < 4.78 is 0. The van der Waals surface area contributed by atoms with E-state index >= 15 is 0 Å². The van der Waals surface area contributed by atoms with Crippen LogP contribution in [0.25, 0.3) is 0 Å². The Morgan fingerprint density at radius 2 is 2.15 bits per heavy atom. The largest absolute Gasteiger partial charge is 0.480 e. The maximum atomic E-state index is 11.5. The molecular weight excluding hydrogens is 274 g/mol. The van der Waals surface area contributed by atoms with Crippen LogP contribution in [0.3, 0.4) is 0 Å². The Hall–Kier alpha value is -1.14. The lowest BCUT2D eigenvalue weighted by Gasteiger charge is -2.30. The van der Waals surface area contributed by atoms with Gasteiger partial charge in [0.15, 0.2) is 5.16 Å². The van der Waals surface area contributed by atoms with Crippen LogP contribution >= 0.6 is 11.8 Å². The summed E-state index contributed by atoms with van der Waals surface area (Å²) in [5.41, 5.74) is -0.0271. The predicted molar refractivity (Wildman–Crippen MR) is 81.0 cm³/mol. The summed E-state index contributed by atoms with van der Waals surface area (Å²) in [5, 5.41) is 13.4. The molecule has 0 saturated heterocycles. The van der Waals surface area contributed by atoms with E-state index < -0.39 is 11.5 Å². The monoisotopic (exact) mass is 297 g/mol. The zero-order chi connectivity index (χ0) is 15.3. The minimum absolute atomic E-state index is 0.101. The number of carbonyl (C=O) groups is 1. The van der Waals surface area contributed by atoms with Crippen molar-refractivity contribution in [2.45, 2.75) is 63.0 Å². The van der Waals surface area contributed by atoms with E-state index in [9.17, 15) is 9.90 Å². The van der Waals surface area contributed by atoms with Gasteiger partial charge < -0.3 is 5.11 Å². The molecule has 0 aliphatic rings. The van der Waals surface area contributed by atoms with Gasteiger partial charge in [0.1, 0.15) is 5.54 Å². The number of aromatic nitrogens is 2. The molecule has 0 aliphatic heterocycles. The van der Waals surface area contributed by atoms with Crippen molar-refractivity contribution < 1.29 is 9.90 Å². The van der Waals surface area contributed by atoms with Crippen LogP contribution in [0.15, 0.2) is 17.4 Å². The van der Waals surface area contributed by atoms with E-state index in [0.29, 0.717) is 11.6 Å². The number of carboxylic acids is 1. The second kappa shape index (κ2) is 7.04. The van der Waals surface area contributed by atoms with Crippen LogP contribution in [0.1, 0.15) is 39.8 Å². The van der Waals surface area contributed by atoms with Crippen molar-refractivity contribution in [1.29, 1.82) is 0 Å². The number of rotatable bonds is 7. The maximum absolute atomic E-state index is 11.5. The molecule has 20 heavy (non-hydrogen) atoms. The summed E-state index contributed by atoms with van der Waals surface area (Å²) in [7, 11) is 0. The zero-order valence-corrected chi connectivity index (χ0v) is 13.5. The highest BCUT2D eigenvalue weighted by Crippen LogP contribution is 2.27. The Morgan fingerprint density at radius 1 is 1.50 bits per heavy atom. The molecule has 6 heteroatoms. The second-order valence-electron chi connectivity index (χ2n) is 5.55. The van der Waals surface area contributed by atoms with Crippen LogP contribution in [-0.2, 0) is 4.79 Å². The van der Waals surface area contributed by atoms with Gasteiger partial charge in [0.2, 0.25) is 0 Å². The van der Waals surface area contributed by atoms with E-state index in [1.165, 1.54) is 11.8 Å². The van der Waals surface area contributed by atoms with Crippen molar-refractivity contribution in [3.63, 3.8) is 0 Å². The molecular formula is C14H23N3O2S. The lowest BCUT2D eigenvalue weighted by Crippen LogP contribution is -2.53. The van der Waals surface area contributed by atoms with Gasteiger partial charge in [-0.05, 0) is 40.2 Å². The number of carboxylic acid groups (broad SMARTS) is 1. The van der Waals surface area contributed by atoms with Crippen LogP contribution in [0.4, 0.5) is 0 Å². The highest BCUT2D eigenvalue weighted by molar-refractivity contribution is 7.99. The van der Waals surface area contributed by atoms with Crippen molar-refractivity contribution in [1.82, 2.24) is 15.3 Å². The molecule has 0 aliphatic carbocycles. The molecule has 0 bridgehead atoms. The summed E-state index contributed by atoms with van der Waals surface area (Å²) in [6.07, 6.45) is 2.22. The Kier molecular flexibility index (Phi) is 5.95. The fourth-order valence-electron chi connectivity index (χ4n) is 2.12. The number of thioether (sulfide) groups is 1. The highest BCUT2D eigenvalue weighted by Gasteiger charge is 2.35. The van der Waals surface area contributed by atoms with E-state index in [2.05, 4.69) is 15.3 Å². The topological polar surface area (TPSA) is 75.1 Å². The molecule has 0 aromatic carbocycles. The third kappa shape index (κ3) is 5.09. The van der Waals surface area contributed by atoms with E-state index in [1.807, 2.05) is 33.8 Å². The molecule has 5 nitrogen and oxygen atoms in total. The first-order valence-electron chi connectivity index (χ1n) is 6.70. The summed E-state index contributed by atoms with van der Waals surface area (Å²) >= 11 is 1.50. The molecule has 1 rings (SSSR count). The smallest absolute Gasteiger partial charge is 0.323 e. The lowest BCUT2D eigenvalue weighted by molar-refractivity contribution is -0.144. The van der Waals surface area contributed by atoms with Crippen molar-refractivity contribution in [3.05, 3.63) is 18.0 Å². The average molecular weight is 297 g/mol. The molecule has 0 spiro atoms. The number of hydrogen-bond donors (Lipinski definition) is 2. The molecule has 0 fully saturated rings. The predicted octanol–water partition coefficient (Wildman–Crippen LogP) is 2.50. The molecule has 2 N–H and O–H groups in total. The zero-order valence-electron chi connectivity index (χ0n) is 12.7. The van der Waals surface area contributed by atoms with Gasteiger partial charge in [-0.25, -0.2) is 9.97 Å². The maximum Gasteiger partial charge on any atom is 0.323 e. The van der Waals surface area contributed by atoms with Crippen LogP contribution in [0.2, 0.25) is 0 Å². The quantitative estimate of drug-likeness (QED) is 0.595. The first-order chi connectivity index (χ1) is 9.23. The third-order valence-electron chi connectivity index (χ3n) is 2.85. The first-order valence-corrected chi connectivity index (χ1v) is 7.58. The fraction of sp³-hybridized carbons (Fsp3) is 0.643. The summed E-state index contributed by atoms with van der Waals surface area (Å²) in [4.78, 5) is 20.0.